The van der Waals surface area contributed by atoms with Crippen LogP contribution in [-0.4, -0.2) is 18.1 Å². The molecule has 1 aromatic heterocycles. The summed E-state index contributed by atoms with van der Waals surface area (Å²) < 4.78 is 5.16. The van der Waals surface area contributed by atoms with Crippen LogP contribution in [0, 0.1) is 0 Å². The van der Waals surface area contributed by atoms with Crippen molar-refractivity contribution in [3.63, 3.8) is 0 Å². The lowest BCUT2D eigenvalue weighted by Crippen LogP contribution is -2.31. The Morgan fingerprint density at radius 2 is 2.25 bits per heavy atom. The molecule has 0 saturated carbocycles. The summed E-state index contributed by atoms with van der Waals surface area (Å²) in [6, 6.07) is 1.88. The van der Waals surface area contributed by atoms with E-state index in [1.165, 1.54) is 0 Å². The zero-order chi connectivity index (χ0) is 12.2. The van der Waals surface area contributed by atoms with E-state index in [1.54, 1.807) is 11.3 Å². The van der Waals surface area contributed by atoms with Crippen LogP contribution >= 0.6 is 22.9 Å². The summed E-state index contributed by atoms with van der Waals surface area (Å²) in [5.74, 6) is -0.241. The average molecular weight is 262 g/mol. The van der Waals surface area contributed by atoms with Gasteiger partial charge in [-0.15, -0.1) is 11.3 Å². The van der Waals surface area contributed by atoms with Crippen LogP contribution < -0.4 is 5.32 Å². The molecule has 1 N–H and O–H groups in total. The van der Waals surface area contributed by atoms with Gasteiger partial charge in [0.05, 0.1) is 11.6 Å². The van der Waals surface area contributed by atoms with E-state index in [9.17, 15) is 4.79 Å². The Morgan fingerprint density at radius 3 is 2.75 bits per heavy atom. The third-order valence-corrected chi connectivity index (χ3v) is 2.89. The Hall–Kier alpha value is -0.580. The van der Waals surface area contributed by atoms with Gasteiger partial charge >= 0.3 is 5.97 Å². The minimum absolute atomic E-state index is 0.215. The molecule has 0 fully saturated rings. The van der Waals surface area contributed by atoms with E-state index in [-0.39, 0.29) is 12.5 Å². The lowest BCUT2D eigenvalue weighted by molar-refractivity contribution is -0.153. The van der Waals surface area contributed by atoms with Gasteiger partial charge in [-0.3, -0.25) is 4.79 Å². The van der Waals surface area contributed by atoms with Crippen LogP contribution in [0.2, 0.25) is 5.02 Å². The summed E-state index contributed by atoms with van der Waals surface area (Å²) in [5.41, 5.74) is -0.426. The predicted octanol–water partition coefficient (Wildman–Crippen LogP) is 2.83. The number of hydrogen-bond donors (Lipinski definition) is 1. The number of hydrogen-bond acceptors (Lipinski definition) is 4. The molecule has 0 aliphatic carbocycles. The largest absolute Gasteiger partial charge is 0.459 e. The molecule has 1 rings (SSSR count). The fraction of sp³-hybridized carbons (Fsp3) is 0.545. The summed E-state index contributed by atoms with van der Waals surface area (Å²) in [4.78, 5) is 12.5. The van der Waals surface area contributed by atoms with Crippen molar-refractivity contribution in [3.8, 4) is 0 Å². The van der Waals surface area contributed by atoms with E-state index in [2.05, 4.69) is 5.32 Å². The summed E-state index contributed by atoms with van der Waals surface area (Å²) in [6.07, 6.45) is 0. The molecule has 0 radical (unpaired) electrons. The monoisotopic (exact) mass is 261 g/mol. The van der Waals surface area contributed by atoms with Gasteiger partial charge in [0.25, 0.3) is 0 Å². The average Bonchev–Trinajstić information content (AvgIpc) is 2.48. The quantitative estimate of drug-likeness (QED) is 0.847. The van der Waals surface area contributed by atoms with Crippen molar-refractivity contribution in [2.24, 2.45) is 0 Å². The van der Waals surface area contributed by atoms with Gasteiger partial charge in [0.2, 0.25) is 0 Å². The number of ether oxygens (including phenoxy) is 1. The van der Waals surface area contributed by atoms with Gasteiger partial charge in [-0.2, -0.15) is 0 Å². The number of carbonyl (C=O) groups excluding carboxylic acids is 1. The molecule has 0 saturated heterocycles. The molecule has 90 valence electrons. The fourth-order valence-corrected chi connectivity index (χ4v) is 2.15. The molecule has 1 heterocycles. The number of halogens is 1. The van der Waals surface area contributed by atoms with Gasteiger partial charge < -0.3 is 10.1 Å². The Balaban J connectivity index is 2.23. The predicted molar refractivity (Wildman–Crippen MR) is 66.9 cm³/mol. The van der Waals surface area contributed by atoms with Crippen LogP contribution in [-0.2, 0) is 16.1 Å². The van der Waals surface area contributed by atoms with Crippen LogP contribution in [0.4, 0.5) is 0 Å². The van der Waals surface area contributed by atoms with Gasteiger partial charge in [0.1, 0.15) is 5.60 Å². The Morgan fingerprint density at radius 1 is 1.56 bits per heavy atom. The first-order valence-electron chi connectivity index (χ1n) is 5.02. The van der Waals surface area contributed by atoms with Gasteiger partial charge in [0, 0.05) is 16.8 Å². The molecule has 5 heteroatoms. The second-order valence-electron chi connectivity index (χ2n) is 4.42. The van der Waals surface area contributed by atoms with Crippen molar-refractivity contribution >= 4 is 28.9 Å². The Bertz CT molecular complexity index is 357. The fourth-order valence-electron chi connectivity index (χ4n) is 1.11. The highest BCUT2D eigenvalue weighted by Crippen LogP contribution is 2.18. The Kier molecular flexibility index (Phi) is 4.77. The molecule has 0 amide bonds. The molecule has 1 aromatic rings. The topological polar surface area (TPSA) is 38.3 Å². The van der Waals surface area contributed by atoms with Crippen LogP contribution in [0.1, 0.15) is 25.6 Å². The molecule has 0 aromatic carbocycles. The van der Waals surface area contributed by atoms with Crippen molar-refractivity contribution in [3.05, 3.63) is 21.3 Å². The van der Waals surface area contributed by atoms with E-state index in [4.69, 9.17) is 16.3 Å². The third-order valence-electron chi connectivity index (χ3n) is 1.61. The van der Waals surface area contributed by atoms with Crippen LogP contribution in [0.25, 0.3) is 0 Å². The van der Waals surface area contributed by atoms with Crippen LogP contribution in [0.5, 0.6) is 0 Å². The highest BCUT2D eigenvalue weighted by atomic mass is 35.5. The number of rotatable bonds is 4. The van der Waals surface area contributed by atoms with E-state index >= 15 is 0 Å². The molecular formula is C11H16ClNO2S. The van der Waals surface area contributed by atoms with Gasteiger partial charge in [0.15, 0.2) is 0 Å². The number of esters is 1. The summed E-state index contributed by atoms with van der Waals surface area (Å²) in [6.45, 7) is 6.40. The van der Waals surface area contributed by atoms with Crippen molar-refractivity contribution in [2.45, 2.75) is 32.9 Å². The molecule has 0 atom stereocenters. The summed E-state index contributed by atoms with van der Waals surface area (Å²) in [5, 5.41) is 5.62. The first-order chi connectivity index (χ1) is 7.37. The maximum absolute atomic E-state index is 11.3. The molecule has 0 spiro atoms. The molecule has 3 nitrogen and oxygen atoms in total. The SMILES string of the molecule is CC(C)(C)OC(=O)CNCc1cc(Cl)cs1. The van der Waals surface area contributed by atoms with Gasteiger partial charge in [-0.05, 0) is 26.8 Å². The smallest absolute Gasteiger partial charge is 0.320 e. The lowest BCUT2D eigenvalue weighted by atomic mass is 10.2. The number of thiophene rings is 1. The van der Waals surface area contributed by atoms with Gasteiger partial charge in [-0.1, -0.05) is 11.6 Å². The lowest BCUT2D eigenvalue weighted by Gasteiger charge is -2.19. The molecule has 0 aliphatic rings. The van der Waals surface area contributed by atoms with Crippen LogP contribution in [0.15, 0.2) is 11.4 Å². The van der Waals surface area contributed by atoms with Crippen molar-refractivity contribution in [2.75, 3.05) is 6.54 Å². The molecule has 0 unspecified atom stereocenters. The summed E-state index contributed by atoms with van der Waals surface area (Å²) in [7, 11) is 0. The molecule has 0 bridgehead atoms. The second kappa shape index (κ2) is 5.66. The van der Waals surface area contributed by atoms with Crippen molar-refractivity contribution in [1.82, 2.24) is 5.32 Å². The second-order valence-corrected chi connectivity index (χ2v) is 5.85. The molecule has 0 aliphatic heterocycles. The Labute approximate surface area is 105 Å². The highest BCUT2D eigenvalue weighted by Gasteiger charge is 2.15. The normalized spacial score (nSPS) is 11.5. The van der Waals surface area contributed by atoms with E-state index in [1.807, 2.05) is 32.2 Å². The van der Waals surface area contributed by atoms with Crippen molar-refractivity contribution in [1.29, 1.82) is 0 Å². The van der Waals surface area contributed by atoms with E-state index in [0.717, 1.165) is 9.90 Å². The van der Waals surface area contributed by atoms with E-state index < -0.39 is 5.60 Å². The first kappa shape index (κ1) is 13.5. The molecular weight excluding hydrogens is 246 g/mol. The minimum atomic E-state index is -0.426. The maximum Gasteiger partial charge on any atom is 0.320 e. The summed E-state index contributed by atoms with van der Waals surface area (Å²) >= 11 is 7.35. The zero-order valence-corrected chi connectivity index (χ0v) is 11.2. The first-order valence-corrected chi connectivity index (χ1v) is 6.28. The standard InChI is InChI=1S/C11H16ClNO2S/c1-11(2,3)15-10(14)6-13-5-9-4-8(12)7-16-9/h4,7,13H,5-6H2,1-3H3. The van der Waals surface area contributed by atoms with Crippen molar-refractivity contribution < 1.29 is 9.53 Å². The zero-order valence-electron chi connectivity index (χ0n) is 9.67. The highest BCUT2D eigenvalue weighted by molar-refractivity contribution is 7.10. The molecule has 16 heavy (non-hydrogen) atoms. The van der Waals surface area contributed by atoms with Crippen LogP contribution in [0.3, 0.4) is 0 Å². The number of carbonyl (C=O) groups is 1. The maximum atomic E-state index is 11.3. The van der Waals surface area contributed by atoms with Gasteiger partial charge in [-0.25, -0.2) is 0 Å². The van der Waals surface area contributed by atoms with E-state index in [0.29, 0.717) is 6.54 Å². The third kappa shape index (κ3) is 5.49. The number of nitrogens with one attached hydrogen (secondary N) is 1. The minimum Gasteiger partial charge on any atom is -0.459 e.